The van der Waals surface area contributed by atoms with Gasteiger partial charge in [0.05, 0.1) is 34.5 Å². The van der Waals surface area contributed by atoms with Crippen LogP contribution in [0.3, 0.4) is 0 Å². The lowest BCUT2D eigenvalue weighted by molar-refractivity contribution is -0.132. The summed E-state index contributed by atoms with van der Waals surface area (Å²) in [5, 5.41) is 8.72. The van der Waals surface area contributed by atoms with Gasteiger partial charge in [0.15, 0.2) is 5.78 Å². The van der Waals surface area contributed by atoms with Gasteiger partial charge in [0.25, 0.3) is 0 Å². The molecule has 0 unspecified atom stereocenters. The number of rotatable bonds is 8. The third kappa shape index (κ3) is 5.23. The average Bonchev–Trinajstić information content (AvgIpc) is 3.20. The summed E-state index contributed by atoms with van der Waals surface area (Å²) in [6, 6.07) is 8.86. The topological polar surface area (TPSA) is 74.3 Å². The molecule has 2 rings (SSSR count). The molecule has 2 heterocycles. The summed E-state index contributed by atoms with van der Waals surface area (Å²) in [4.78, 5) is 26.4. The molecule has 0 aliphatic heterocycles. The third-order valence-electron chi connectivity index (χ3n) is 3.19. The van der Waals surface area contributed by atoms with Crippen molar-refractivity contribution in [2.75, 3.05) is 6.54 Å². The maximum atomic E-state index is 12.3. The quantitative estimate of drug-likeness (QED) is 0.677. The van der Waals surface area contributed by atoms with Gasteiger partial charge in [-0.2, -0.15) is 5.26 Å². The molecular formula is C16H15ClN2O3S. The highest BCUT2D eigenvalue weighted by Crippen LogP contribution is 2.23. The first-order valence-electron chi connectivity index (χ1n) is 7.06. The van der Waals surface area contributed by atoms with Gasteiger partial charge in [-0.15, -0.1) is 11.3 Å². The molecule has 2 aromatic heterocycles. The predicted molar refractivity (Wildman–Crippen MR) is 87.2 cm³/mol. The molecule has 0 aromatic carbocycles. The second-order valence-corrected chi connectivity index (χ2v) is 6.54. The monoisotopic (exact) mass is 350 g/mol. The van der Waals surface area contributed by atoms with E-state index in [1.807, 2.05) is 6.07 Å². The van der Waals surface area contributed by atoms with E-state index in [-0.39, 0.29) is 31.0 Å². The SMILES string of the molecule is N#CCCN(Cc1ccco1)C(=O)CCC(=O)c1ccc(Cl)s1. The number of nitrogens with zero attached hydrogens (tertiary/aromatic N) is 2. The molecule has 0 aliphatic carbocycles. The number of Topliss-reactive ketones (excluding diaryl/α,β-unsaturated/α-hetero) is 1. The van der Waals surface area contributed by atoms with Crippen LogP contribution in [0.4, 0.5) is 0 Å². The number of ketones is 1. The van der Waals surface area contributed by atoms with E-state index >= 15 is 0 Å². The molecule has 0 saturated heterocycles. The van der Waals surface area contributed by atoms with Gasteiger partial charge in [0.2, 0.25) is 5.91 Å². The fourth-order valence-electron chi connectivity index (χ4n) is 2.03. The van der Waals surface area contributed by atoms with Crippen LogP contribution in [0.25, 0.3) is 0 Å². The fraction of sp³-hybridized carbons (Fsp3) is 0.312. The van der Waals surface area contributed by atoms with Crippen LogP contribution in [0.1, 0.15) is 34.7 Å². The summed E-state index contributed by atoms with van der Waals surface area (Å²) in [5.41, 5.74) is 0. The number of hydrogen-bond acceptors (Lipinski definition) is 5. The van der Waals surface area contributed by atoms with E-state index in [4.69, 9.17) is 21.3 Å². The van der Waals surface area contributed by atoms with Crippen LogP contribution >= 0.6 is 22.9 Å². The van der Waals surface area contributed by atoms with E-state index in [2.05, 4.69) is 0 Å². The Kier molecular flexibility index (Phi) is 6.39. The zero-order valence-corrected chi connectivity index (χ0v) is 13.9. The molecule has 2 aromatic rings. The van der Waals surface area contributed by atoms with Crippen molar-refractivity contribution in [2.24, 2.45) is 0 Å². The van der Waals surface area contributed by atoms with Crippen molar-refractivity contribution in [3.8, 4) is 6.07 Å². The Balaban J connectivity index is 1.91. The fourth-order valence-corrected chi connectivity index (χ4v) is 3.04. The summed E-state index contributed by atoms with van der Waals surface area (Å²) in [7, 11) is 0. The largest absolute Gasteiger partial charge is 0.467 e. The first-order chi connectivity index (χ1) is 11.1. The Bertz CT molecular complexity index is 703. The number of halogens is 1. The first-order valence-corrected chi connectivity index (χ1v) is 8.25. The van der Waals surface area contributed by atoms with Crippen LogP contribution in [0.5, 0.6) is 0 Å². The van der Waals surface area contributed by atoms with Crippen LogP contribution in [-0.4, -0.2) is 23.1 Å². The molecule has 0 aliphatic rings. The number of nitriles is 1. The van der Waals surface area contributed by atoms with E-state index in [9.17, 15) is 9.59 Å². The van der Waals surface area contributed by atoms with Gasteiger partial charge in [-0.1, -0.05) is 11.6 Å². The number of carbonyl (C=O) groups excluding carboxylic acids is 2. The van der Waals surface area contributed by atoms with Crippen LogP contribution in [0.2, 0.25) is 4.34 Å². The molecule has 0 spiro atoms. The van der Waals surface area contributed by atoms with Crippen molar-refractivity contribution in [3.05, 3.63) is 45.5 Å². The summed E-state index contributed by atoms with van der Waals surface area (Å²) in [6.07, 6.45) is 1.99. The minimum atomic E-state index is -0.173. The molecule has 5 nitrogen and oxygen atoms in total. The smallest absolute Gasteiger partial charge is 0.223 e. The number of carbonyl (C=O) groups is 2. The highest BCUT2D eigenvalue weighted by Gasteiger charge is 2.17. The van der Waals surface area contributed by atoms with Gasteiger partial charge < -0.3 is 9.32 Å². The van der Waals surface area contributed by atoms with Gasteiger partial charge in [-0.3, -0.25) is 9.59 Å². The minimum absolute atomic E-state index is 0.0977. The molecule has 0 saturated carbocycles. The Hall–Kier alpha value is -2.10. The highest BCUT2D eigenvalue weighted by atomic mass is 35.5. The Morgan fingerprint density at radius 1 is 1.30 bits per heavy atom. The van der Waals surface area contributed by atoms with Crippen molar-refractivity contribution in [3.63, 3.8) is 0 Å². The first kappa shape index (κ1) is 17.3. The van der Waals surface area contributed by atoms with Crippen LogP contribution in [-0.2, 0) is 11.3 Å². The average molecular weight is 351 g/mol. The summed E-state index contributed by atoms with van der Waals surface area (Å²) in [6.45, 7) is 0.613. The van der Waals surface area contributed by atoms with Crippen molar-refractivity contribution < 1.29 is 14.0 Å². The zero-order valence-electron chi connectivity index (χ0n) is 12.3. The number of amides is 1. The number of hydrogen-bond donors (Lipinski definition) is 0. The molecule has 23 heavy (non-hydrogen) atoms. The van der Waals surface area contributed by atoms with Crippen molar-refractivity contribution in [1.29, 1.82) is 5.26 Å². The minimum Gasteiger partial charge on any atom is -0.467 e. The van der Waals surface area contributed by atoms with Gasteiger partial charge in [0.1, 0.15) is 5.76 Å². The van der Waals surface area contributed by atoms with Crippen molar-refractivity contribution >= 4 is 34.6 Å². The maximum absolute atomic E-state index is 12.3. The second kappa shape index (κ2) is 8.51. The third-order valence-corrected chi connectivity index (χ3v) is 4.46. The lowest BCUT2D eigenvalue weighted by atomic mass is 10.1. The molecule has 0 radical (unpaired) electrons. The van der Waals surface area contributed by atoms with Gasteiger partial charge in [0, 0.05) is 19.4 Å². The van der Waals surface area contributed by atoms with Crippen LogP contribution in [0, 0.1) is 11.3 Å². The standard InChI is InChI=1S/C16H15ClN2O3S/c17-15-6-5-14(23-15)13(20)4-7-16(21)19(9-2-8-18)11-12-3-1-10-22-12/h1,3,5-6,10H,2,4,7,9,11H2. The Labute approximate surface area is 143 Å². The molecular weight excluding hydrogens is 336 g/mol. The molecule has 120 valence electrons. The number of thiophene rings is 1. The van der Waals surface area contributed by atoms with Gasteiger partial charge >= 0.3 is 0 Å². The number of furan rings is 1. The normalized spacial score (nSPS) is 10.3. The van der Waals surface area contributed by atoms with Gasteiger partial charge in [-0.25, -0.2) is 0 Å². The molecule has 0 atom stereocenters. The zero-order chi connectivity index (χ0) is 16.7. The lowest BCUT2D eigenvalue weighted by Gasteiger charge is -2.20. The Morgan fingerprint density at radius 3 is 2.74 bits per heavy atom. The molecule has 0 N–H and O–H groups in total. The highest BCUT2D eigenvalue weighted by molar-refractivity contribution is 7.18. The summed E-state index contributed by atoms with van der Waals surface area (Å²) >= 11 is 7.01. The predicted octanol–water partition coefficient (Wildman–Crippen LogP) is 3.90. The Morgan fingerprint density at radius 2 is 2.13 bits per heavy atom. The summed E-state index contributed by atoms with van der Waals surface area (Å²) in [5.74, 6) is 0.369. The van der Waals surface area contributed by atoms with Crippen molar-refractivity contribution in [2.45, 2.75) is 25.8 Å². The van der Waals surface area contributed by atoms with E-state index in [0.717, 1.165) is 0 Å². The molecule has 1 amide bonds. The maximum Gasteiger partial charge on any atom is 0.223 e. The van der Waals surface area contributed by atoms with E-state index in [1.54, 1.807) is 24.3 Å². The molecule has 7 heteroatoms. The second-order valence-electron chi connectivity index (χ2n) is 4.83. The lowest BCUT2D eigenvalue weighted by Crippen LogP contribution is -2.31. The van der Waals surface area contributed by atoms with Crippen molar-refractivity contribution in [1.82, 2.24) is 4.90 Å². The molecule has 0 bridgehead atoms. The van der Waals surface area contributed by atoms with Gasteiger partial charge in [-0.05, 0) is 24.3 Å². The van der Waals surface area contributed by atoms with Crippen LogP contribution < -0.4 is 0 Å². The van der Waals surface area contributed by atoms with E-state index in [0.29, 0.717) is 28.1 Å². The van der Waals surface area contributed by atoms with E-state index in [1.165, 1.54) is 22.5 Å². The van der Waals surface area contributed by atoms with E-state index < -0.39 is 0 Å². The molecule has 0 fully saturated rings. The summed E-state index contributed by atoms with van der Waals surface area (Å²) < 4.78 is 5.78. The van der Waals surface area contributed by atoms with Crippen LogP contribution in [0.15, 0.2) is 34.9 Å².